The number of nitrogens with one attached hydrogen (secondary N) is 1. The van der Waals surface area contributed by atoms with Crippen molar-refractivity contribution < 1.29 is 9.53 Å². The summed E-state index contributed by atoms with van der Waals surface area (Å²) in [6.45, 7) is 3.73. The summed E-state index contributed by atoms with van der Waals surface area (Å²) in [5, 5.41) is 3.45. The molecule has 1 aliphatic rings. The lowest BCUT2D eigenvalue weighted by molar-refractivity contribution is 0.0267. The van der Waals surface area contributed by atoms with E-state index in [0.29, 0.717) is 36.5 Å². The molecule has 1 aromatic rings. The van der Waals surface area contributed by atoms with Crippen LogP contribution in [0.5, 0.6) is 0 Å². The molecule has 0 spiro atoms. The maximum Gasteiger partial charge on any atom is 0.268 e. The predicted molar refractivity (Wildman–Crippen MR) is 83.6 cm³/mol. The Hall–Kier alpha value is -1.04. The minimum absolute atomic E-state index is 0.113. The first-order valence-corrected chi connectivity index (χ1v) is 7.99. The molecule has 3 N–H and O–H groups in total. The number of nitrogens with zero attached hydrogens (tertiary/aromatic N) is 1. The molecule has 1 amide bonds. The Morgan fingerprint density at radius 1 is 1.48 bits per heavy atom. The molecular formula is C15H24ClN3O2. The van der Waals surface area contributed by atoms with Crippen molar-refractivity contribution in [1.29, 1.82) is 0 Å². The highest BCUT2D eigenvalue weighted by Gasteiger charge is 2.18. The molecule has 118 valence electrons. The number of rotatable bonds is 6. The van der Waals surface area contributed by atoms with E-state index in [2.05, 4.69) is 5.32 Å². The third-order valence-corrected chi connectivity index (χ3v) is 4.10. The van der Waals surface area contributed by atoms with Crippen LogP contribution in [0.3, 0.4) is 0 Å². The maximum absolute atomic E-state index is 12.1. The zero-order valence-corrected chi connectivity index (χ0v) is 13.2. The maximum atomic E-state index is 12.1. The summed E-state index contributed by atoms with van der Waals surface area (Å²) in [5.74, 6) is -0.113. The van der Waals surface area contributed by atoms with Gasteiger partial charge in [0.05, 0.1) is 17.7 Å². The molecule has 1 saturated carbocycles. The highest BCUT2D eigenvalue weighted by Crippen LogP contribution is 2.19. The molecule has 0 aromatic carbocycles. The van der Waals surface area contributed by atoms with Gasteiger partial charge in [0.1, 0.15) is 5.69 Å². The Morgan fingerprint density at radius 3 is 2.86 bits per heavy atom. The van der Waals surface area contributed by atoms with Gasteiger partial charge in [0, 0.05) is 25.3 Å². The van der Waals surface area contributed by atoms with Gasteiger partial charge in [0.25, 0.3) is 5.91 Å². The van der Waals surface area contributed by atoms with Gasteiger partial charge in [0.15, 0.2) is 0 Å². The van der Waals surface area contributed by atoms with Gasteiger partial charge in [0.2, 0.25) is 0 Å². The van der Waals surface area contributed by atoms with E-state index in [-0.39, 0.29) is 12.0 Å². The standard InChI is InChI=1S/C15H24ClN3O2/c1-2-19-10-11(16)9-14(19)15(20)18-7-8-21-13-5-3-12(17)4-6-13/h9-10,12-13H,2-8,17H2,1H3,(H,18,20). The van der Waals surface area contributed by atoms with Crippen molar-refractivity contribution >= 4 is 17.5 Å². The summed E-state index contributed by atoms with van der Waals surface area (Å²) < 4.78 is 7.61. The molecule has 0 saturated heterocycles. The lowest BCUT2D eigenvalue weighted by Crippen LogP contribution is -2.33. The Balaban J connectivity index is 1.69. The Bertz CT molecular complexity index is 467. The van der Waals surface area contributed by atoms with Gasteiger partial charge in [-0.15, -0.1) is 0 Å². The predicted octanol–water partition coefficient (Wildman–Crippen LogP) is 2.18. The monoisotopic (exact) mass is 313 g/mol. The highest BCUT2D eigenvalue weighted by atomic mass is 35.5. The average Bonchev–Trinajstić information content (AvgIpc) is 2.86. The van der Waals surface area contributed by atoms with Crippen LogP contribution >= 0.6 is 11.6 Å². The van der Waals surface area contributed by atoms with Crippen molar-refractivity contribution in [2.45, 2.75) is 51.3 Å². The average molecular weight is 314 g/mol. The van der Waals surface area contributed by atoms with Crippen LogP contribution in [-0.2, 0) is 11.3 Å². The number of hydrogen-bond acceptors (Lipinski definition) is 3. The molecule has 2 rings (SSSR count). The first-order valence-electron chi connectivity index (χ1n) is 7.61. The SMILES string of the molecule is CCn1cc(Cl)cc1C(=O)NCCOC1CCC(N)CC1. The van der Waals surface area contributed by atoms with Crippen molar-refractivity contribution in [2.24, 2.45) is 5.73 Å². The van der Waals surface area contributed by atoms with Crippen molar-refractivity contribution in [3.63, 3.8) is 0 Å². The zero-order chi connectivity index (χ0) is 15.2. The number of amides is 1. The van der Waals surface area contributed by atoms with E-state index in [9.17, 15) is 4.79 Å². The van der Waals surface area contributed by atoms with Crippen molar-refractivity contribution in [2.75, 3.05) is 13.2 Å². The van der Waals surface area contributed by atoms with Crippen molar-refractivity contribution in [3.8, 4) is 0 Å². The van der Waals surface area contributed by atoms with Crippen LogP contribution < -0.4 is 11.1 Å². The molecular weight excluding hydrogens is 290 g/mol. The minimum Gasteiger partial charge on any atom is -0.376 e. The lowest BCUT2D eigenvalue weighted by atomic mass is 9.94. The number of aromatic nitrogens is 1. The fourth-order valence-corrected chi connectivity index (χ4v) is 2.88. The summed E-state index contributed by atoms with van der Waals surface area (Å²) in [7, 11) is 0. The van der Waals surface area contributed by atoms with E-state index in [1.54, 1.807) is 12.3 Å². The van der Waals surface area contributed by atoms with Gasteiger partial charge in [-0.25, -0.2) is 0 Å². The first kappa shape index (κ1) is 16.3. The molecule has 6 heteroatoms. The summed E-state index contributed by atoms with van der Waals surface area (Å²) in [6.07, 6.45) is 6.14. The second-order valence-corrected chi connectivity index (χ2v) is 5.93. The van der Waals surface area contributed by atoms with Crippen LogP contribution in [0.2, 0.25) is 5.02 Å². The third kappa shape index (κ3) is 4.73. The summed E-state index contributed by atoms with van der Waals surface area (Å²) in [6, 6.07) is 2.01. The van der Waals surface area contributed by atoms with Crippen LogP contribution in [0, 0.1) is 0 Å². The first-order chi connectivity index (χ1) is 10.1. The van der Waals surface area contributed by atoms with Crippen LogP contribution in [0.4, 0.5) is 0 Å². The van der Waals surface area contributed by atoms with Crippen LogP contribution in [-0.4, -0.2) is 35.8 Å². The van der Waals surface area contributed by atoms with E-state index in [4.69, 9.17) is 22.1 Å². The fraction of sp³-hybridized carbons (Fsp3) is 0.667. The largest absolute Gasteiger partial charge is 0.376 e. The minimum atomic E-state index is -0.113. The molecule has 0 unspecified atom stereocenters. The fourth-order valence-electron chi connectivity index (χ4n) is 2.66. The number of hydrogen-bond donors (Lipinski definition) is 2. The van der Waals surface area contributed by atoms with E-state index in [1.165, 1.54) is 0 Å². The van der Waals surface area contributed by atoms with E-state index < -0.39 is 0 Å². The van der Waals surface area contributed by atoms with E-state index in [1.807, 2.05) is 11.5 Å². The number of carbonyl (C=O) groups excluding carboxylic acids is 1. The second-order valence-electron chi connectivity index (χ2n) is 5.49. The van der Waals surface area contributed by atoms with Gasteiger partial charge in [-0.2, -0.15) is 0 Å². The number of aryl methyl sites for hydroxylation is 1. The quantitative estimate of drug-likeness (QED) is 0.791. The molecule has 1 aliphatic carbocycles. The summed E-state index contributed by atoms with van der Waals surface area (Å²) >= 11 is 5.93. The normalized spacial score (nSPS) is 22.2. The number of nitrogens with two attached hydrogens (primary N) is 1. The summed E-state index contributed by atoms with van der Waals surface area (Å²) in [5.41, 5.74) is 6.45. The third-order valence-electron chi connectivity index (χ3n) is 3.90. The van der Waals surface area contributed by atoms with Gasteiger partial charge in [-0.05, 0) is 38.7 Å². The molecule has 21 heavy (non-hydrogen) atoms. The highest BCUT2D eigenvalue weighted by molar-refractivity contribution is 6.31. The number of carbonyl (C=O) groups is 1. The molecule has 0 radical (unpaired) electrons. The number of halogens is 1. The van der Waals surface area contributed by atoms with Crippen molar-refractivity contribution in [1.82, 2.24) is 9.88 Å². The van der Waals surface area contributed by atoms with Crippen molar-refractivity contribution in [3.05, 3.63) is 23.0 Å². The topological polar surface area (TPSA) is 69.3 Å². The van der Waals surface area contributed by atoms with Gasteiger partial charge < -0.3 is 20.4 Å². The summed E-state index contributed by atoms with van der Waals surface area (Å²) in [4.78, 5) is 12.1. The molecule has 0 atom stereocenters. The van der Waals surface area contributed by atoms with Gasteiger partial charge >= 0.3 is 0 Å². The number of ether oxygens (including phenoxy) is 1. The zero-order valence-electron chi connectivity index (χ0n) is 12.5. The molecule has 5 nitrogen and oxygen atoms in total. The molecule has 0 bridgehead atoms. The second kappa shape index (κ2) is 7.82. The van der Waals surface area contributed by atoms with Crippen LogP contribution in [0.25, 0.3) is 0 Å². The lowest BCUT2D eigenvalue weighted by Gasteiger charge is -2.26. The molecule has 0 aliphatic heterocycles. The van der Waals surface area contributed by atoms with E-state index >= 15 is 0 Å². The van der Waals surface area contributed by atoms with Crippen LogP contribution in [0.15, 0.2) is 12.3 Å². The van der Waals surface area contributed by atoms with Gasteiger partial charge in [-0.3, -0.25) is 4.79 Å². The smallest absolute Gasteiger partial charge is 0.268 e. The molecule has 1 fully saturated rings. The Kier molecular flexibility index (Phi) is 6.08. The van der Waals surface area contributed by atoms with Gasteiger partial charge in [-0.1, -0.05) is 11.6 Å². The molecule has 1 aromatic heterocycles. The van der Waals surface area contributed by atoms with E-state index in [0.717, 1.165) is 25.7 Å². The Labute approximate surface area is 130 Å². The van der Waals surface area contributed by atoms with Crippen LogP contribution in [0.1, 0.15) is 43.1 Å². The molecule has 1 heterocycles. The Morgan fingerprint density at radius 2 is 2.19 bits per heavy atom.